The number of nitrogens with one attached hydrogen (secondary N) is 2. The Kier molecular flexibility index (Phi) is 15.5. The first-order valence-corrected chi connectivity index (χ1v) is 14.1. The number of hydrogen-bond donors (Lipinski definition) is 2. The molecular formula is C30H50N2O. The summed E-state index contributed by atoms with van der Waals surface area (Å²) in [6.07, 6.45) is 26.9. The molecule has 3 heteroatoms. The van der Waals surface area contributed by atoms with Crippen molar-refractivity contribution in [2.75, 3.05) is 6.54 Å². The van der Waals surface area contributed by atoms with Crippen molar-refractivity contribution < 1.29 is 4.79 Å². The van der Waals surface area contributed by atoms with E-state index in [1.165, 1.54) is 119 Å². The van der Waals surface area contributed by atoms with Crippen molar-refractivity contribution in [2.45, 2.75) is 129 Å². The van der Waals surface area contributed by atoms with E-state index in [1.54, 1.807) is 0 Å². The fourth-order valence-corrected chi connectivity index (χ4v) is 4.77. The number of fused-ring (bicyclic) bond motifs is 1. The van der Waals surface area contributed by atoms with Crippen molar-refractivity contribution in [3.05, 3.63) is 36.0 Å². The average Bonchev–Trinajstić information content (AvgIpc) is 3.24. The molecule has 0 spiro atoms. The zero-order valence-electron chi connectivity index (χ0n) is 21.4. The van der Waals surface area contributed by atoms with Crippen LogP contribution in [0.15, 0.2) is 30.5 Å². The highest BCUT2D eigenvalue weighted by atomic mass is 16.1. The molecule has 1 aromatic carbocycles. The third kappa shape index (κ3) is 12.9. The van der Waals surface area contributed by atoms with Crippen molar-refractivity contribution in [3.8, 4) is 0 Å². The highest BCUT2D eigenvalue weighted by Crippen LogP contribution is 2.18. The smallest absolute Gasteiger partial charge is 0.220 e. The fraction of sp³-hybridized carbons (Fsp3) is 0.700. The number of rotatable bonds is 21. The topological polar surface area (TPSA) is 44.9 Å². The number of aromatic nitrogens is 1. The molecule has 0 fully saturated rings. The van der Waals surface area contributed by atoms with E-state index in [0.29, 0.717) is 6.42 Å². The molecule has 2 aromatic rings. The number of carbonyl (C=O) groups excluding carboxylic acids is 1. The molecule has 0 saturated heterocycles. The minimum absolute atomic E-state index is 0.204. The number of unbranched alkanes of at least 4 members (excludes halogenated alkanes) is 16. The Morgan fingerprint density at radius 2 is 1.24 bits per heavy atom. The highest BCUT2D eigenvalue weighted by Gasteiger charge is 2.04. The van der Waals surface area contributed by atoms with Crippen LogP contribution < -0.4 is 5.32 Å². The Morgan fingerprint density at radius 3 is 1.82 bits per heavy atom. The molecule has 0 bridgehead atoms. The standard InChI is InChI=1S/C30H50N2O/c1-2-3-4-5-6-7-8-9-10-11-12-13-14-15-16-17-18-23-30(33)31-25-24-27-26-32-29-22-20-19-21-28(27)29/h19-22,26,32H,2-18,23-25H2,1H3,(H,31,33). The van der Waals surface area contributed by atoms with Gasteiger partial charge in [0.15, 0.2) is 0 Å². The Balaban J connectivity index is 1.31. The van der Waals surface area contributed by atoms with Crippen molar-refractivity contribution in [1.29, 1.82) is 0 Å². The van der Waals surface area contributed by atoms with Crippen LogP contribution in [-0.4, -0.2) is 17.4 Å². The normalized spacial score (nSPS) is 11.3. The second kappa shape index (κ2) is 18.6. The van der Waals surface area contributed by atoms with Crippen LogP contribution >= 0.6 is 0 Å². The maximum Gasteiger partial charge on any atom is 0.220 e. The van der Waals surface area contributed by atoms with E-state index < -0.39 is 0 Å². The van der Waals surface area contributed by atoms with Crippen molar-refractivity contribution in [1.82, 2.24) is 10.3 Å². The molecule has 0 radical (unpaired) electrons. The molecular weight excluding hydrogens is 404 g/mol. The maximum atomic E-state index is 12.1. The Hall–Kier alpha value is -1.77. The monoisotopic (exact) mass is 454 g/mol. The minimum Gasteiger partial charge on any atom is -0.361 e. The SMILES string of the molecule is CCCCCCCCCCCCCCCCCCCC(=O)NCCc1c[nH]c2ccccc12. The van der Waals surface area contributed by atoms with Crippen LogP contribution in [-0.2, 0) is 11.2 Å². The van der Waals surface area contributed by atoms with Gasteiger partial charge in [0.25, 0.3) is 0 Å². The molecule has 2 rings (SSSR count). The number of H-pyrrole nitrogens is 1. The van der Waals surface area contributed by atoms with E-state index in [1.807, 2.05) is 6.07 Å². The van der Waals surface area contributed by atoms with Gasteiger partial charge in [-0.2, -0.15) is 0 Å². The summed E-state index contributed by atoms with van der Waals surface area (Å²) in [7, 11) is 0. The molecule has 0 aliphatic heterocycles. The molecule has 1 aromatic heterocycles. The third-order valence-electron chi connectivity index (χ3n) is 6.90. The van der Waals surface area contributed by atoms with Gasteiger partial charge in [-0.25, -0.2) is 0 Å². The summed E-state index contributed by atoms with van der Waals surface area (Å²) in [5.74, 6) is 0.204. The van der Waals surface area contributed by atoms with E-state index >= 15 is 0 Å². The molecule has 2 N–H and O–H groups in total. The summed E-state index contributed by atoms with van der Waals surface area (Å²) >= 11 is 0. The zero-order chi connectivity index (χ0) is 23.4. The van der Waals surface area contributed by atoms with Crippen LogP contribution in [0.25, 0.3) is 10.9 Å². The summed E-state index contributed by atoms with van der Waals surface area (Å²) in [6.45, 7) is 3.01. The van der Waals surface area contributed by atoms with Crippen LogP contribution in [0.4, 0.5) is 0 Å². The van der Waals surface area contributed by atoms with Gasteiger partial charge in [-0.1, -0.05) is 128 Å². The van der Waals surface area contributed by atoms with Crippen molar-refractivity contribution >= 4 is 16.8 Å². The lowest BCUT2D eigenvalue weighted by Gasteiger charge is -2.05. The van der Waals surface area contributed by atoms with Gasteiger partial charge in [0.1, 0.15) is 0 Å². The third-order valence-corrected chi connectivity index (χ3v) is 6.90. The molecule has 186 valence electrons. The van der Waals surface area contributed by atoms with Gasteiger partial charge in [0, 0.05) is 30.1 Å². The van der Waals surface area contributed by atoms with Gasteiger partial charge in [-0.05, 0) is 24.5 Å². The van der Waals surface area contributed by atoms with Gasteiger partial charge in [-0.3, -0.25) is 4.79 Å². The number of carbonyl (C=O) groups is 1. The quantitative estimate of drug-likeness (QED) is 0.182. The van der Waals surface area contributed by atoms with Crippen LogP contribution in [0.2, 0.25) is 0 Å². The molecule has 1 heterocycles. The number of aromatic amines is 1. The summed E-state index contributed by atoms with van der Waals surface area (Å²) < 4.78 is 0. The second-order valence-electron chi connectivity index (χ2n) is 9.87. The maximum absolute atomic E-state index is 12.1. The number of amides is 1. The molecule has 1 amide bonds. The molecule has 0 unspecified atom stereocenters. The van der Waals surface area contributed by atoms with E-state index in [9.17, 15) is 4.79 Å². The molecule has 0 saturated carbocycles. The summed E-state index contributed by atoms with van der Waals surface area (Å²) in [4.78, 5) is 15.4. The Labute approximate surface area is 203 Å². The largest absolute Gasteiger partial charge is 0.361 e. The van der Waals surface area contributed by atoms with Crippen molar-refractivity contribution in [2.24, 2.45) is 0 Å². The zero-order valence-corrected chi connectivity index (χ0v) is 21.4. The Morgan fingerprint density at radius 1 is 0.727 bits per heavy atom. The molecule has 0 aliphatic rings. The number of hydrogen-bond acceptors (Lipinski definition) is 1. The van der Waals surface area contributed by atoms with Gasteiger partial charge >= 0.3 is 0 Å². The molecule has 33 heavy (non-hydrogen) atoms. The predicted molar refractivity (Wildman–Crippen MR) is 144 cm³/mol. The number of benzene rings is 1. The van der Waals surface area contributed by atoms with Crippen LogP contribution in [0.3, 0.4) is 0 Å². The van der Waals surface area contributed by atoms with Crippen molar-refractivity contribution in [3.63, 3.8) is 0 Å². The molecule has 0 aliphatic carbocycles. The van der Waals surface area contributed by atoms with Gasteiger partial charge in [0.05, 0.1) is 0 Å². The lowest BCUT2D eigenvalue weighted by Crippen LogP contribution is -2.25. The first-order chi connectivity index (χ1) is 16.3. The summed E-state index contributed by atoms with van der Waals surface area (Å²) in [5.41, 5.74) is 2.45. The average molecular weight is 455 g/mol. The molecule has 0 atom stereocenters. The summed E-state index contributed by atoms with van der Waals surface area (Å²) in [6, 6.07) is 8.34. The van der Waals surface area contributed by atoms with E-state index in [4.69, 9.17) is 0 Å². The minimum atomic E-state index is 0.204. The highest BCUT2D eigenvalue weighted by molar-refractivity contribution is 5.83. The fourth-order valence-electron chi connectivity index (χ4n) is 4.77. The lowest BCUT2D eigenvalue weighted by atomic mass is 10.0. The van der Waals surface area contributed by atoms with Gasteiger partial charge in [0.2, 0.25) is 5.91 Å². The second-order valence-corrected chi connectivity index (χ2v) is 9.87. The van der Waals surface area contributed by atoms with Crippen LogP contribution in [0.5, 0.6) is 0 Å². The number of para-hydroxylation sites is 1. The van der Waals surface area contributed by atoms with E-state index in [2.05, 4.69) is 41.6 Å². The van der Waals surface area contributed by atoms with Crippen LogP contribution in [0.1, 0.15) is 128 Å². The predicted octanol–water partition coefficient (Wildman–Crippen LogP) is 8.87. The van der Waals surface area contributed by atoms with E-state index in [-0.39, 0.29) is 5.91 Å². The first-order valence-electron chi connectivity index (χ1n) is 14.1. The van der Waals surface area contributed by atoms with Gasteiger partial charge < -0.3 is 10.3 Å². The lowest BCUT2D eigenvalue weighted by molar-refractivity contribution is -0.121. The summed E-state index contributed by atoms with van der Waals surface area (Å²) in [5, 5.41) is 4.35. The Bertz CT molecular complexity index is 736. The van der Waals surface area contributed by atoms with Gasteiger partial charge in [-0.15, -0.1) is 0 Å². The van der Waals surface area contributed by atoms with Crippen LogP contribution in [0, 0.1) is 0 Å². The first kappa shape index (κ1) is 27.5. The molecule has 3 nitrogen and oxygen atoms in total. The van der Waals surface area contributed by atoms with E-state index in [0.717, 1.165) is 19.4 Å².